The van der Waals surface area contributed by atoms with E-state index in [0.717, 1.165) is 17.5 Å². The number of halogens is 1. The van der Waals surface area contributed by atoms with Crippen molar-refractivity contribution in [3.8, 4) is 16.9 Å². The van der Waals surface area contributed by atoms with Gasteiger partial charge >= 0.3 is 0 Å². The highest BCUT2D eigenvalue weighted by atomic mass is 32.1. The Labute approximate surface area is 140 Å². The van der Waals surface area contributed by atoms with Crippen molar-refractivity contribution in [1.82, 2.24) is 0 Å². The lowest BCUT2D eigenvalue weighted by atomic mass is 10.0. The summed E-state index contributed by atoms with van der Waals surface area (Å²) in [6, 6.07) is 15.3. The second-order valence-electron chi connectivity index (χ2n) is 5.69. The van der Waals surface area contributed by atoms with E-state index < -0.39 is 0 Å². The Morgan fingerprint density at radius 2 is 1.70 bits per heavy atom. The summed E-state index contributed by atoms with van der Waals surface area (Å²) in [6.07, 6.45) is 0.933. The minimum absolute atomic E-state index is 0.284. The van der Waals surface area contributed by atoms with Gasteiger partial charge in [-0.2, -0.15) is 0 Å². The molecule has 0 aliphatic rings. The van der Waals surface area contributed by atoms with E-state index >= 15 is 0 Å². The predicted molar refractivity (Wildman–Crippen MR) is 95.0 cm³/mol. The van der Waals surface area contributed by atoms with Gasteiger partial charge in [0.2, 0.25) is 0 Å². The minimum Gasteiger partial charge on any atom is -0.497 e. The lowest BCUT2D eigenvalue weighted by Gasteiger charge is -2.07. The SMILES string of the molecule is COc1cc(F)cc(-c2ccc(Cc3cc(C)sc3C)cc2)c1. The lowest BCUT2D eigenvalue weighted by molar-refractivity contribution is 0.411. The molecule has 0 fully saturated rings. The Balaban J connectivity index is 1.84. The van der Waals surface area contributed by atoms with Crippen LogP contribution in [0.15, 0.2) is 48.5 Å². The standard InChI is InChI=1S/C20H19FOS/c1-13-8-17(14(2)23-13)9-15-4-6-16(7-5-15)18-10-19(21)12-20(11-18)22-3/h4-8,10-12H,9H2,1-3H3. The van der Waals surface area contributed by atoms with E-state index in [0.29, 0.717) is 5.75 Å². The first-order chi connectivity index (χ1) is 11.0. The molecule has 1 heterocycles. The molecule has 0 N–H and O–H groups in total. The van der Waals surface area contributed by atoms with Crippen LogP contribution in [0.5, 0.6) is 5.75 Å². The first-order valence-electron chi connectivity index (χ1n) is 7.55. The second-order valence-corrected chi connectivity index (χ2v) is 7.15. The number of benzene rings is 2. The van der Waals surface area contributed by atoms with E-state index in [1.807, 2.05) is 29.5 Å². The van der Waals surface area contributed by atoms with Gasteiger partial charge in [-0.1, -0.05) is 24.3 Å². The van der Waals surface area contributed by atoms with E-state index in [9.17, 15) is 4.39 Å². The fourth-order valence-electron chi connectivity index (χ4n) is 2.74. The molecule has 0 spiro atoms. The number of hydrogen-bond acceptors (Lipinski definition) is 2. The Morgan fingerprint density at radius 1 is 0.957 bits per heavy atom. The summed E-state index contributed by atoms with van der Waals surface area (Å²) in [4.78, 5) is 2.72. The summed E-state index contributed by atoms with van der Waals surface area (Å²) in [6.45, 7) is 4.31. The fraction of sp³-hybridized carbons (Fsp3) is 0.200. The van der Waals surface area contributed by atoms with E-state index in [4.69, 9.17) is 4.74 Å². The third-order valence-corrected chi connectivity index (χ3v) is 4.94. The van der Waals surface area contributed by atoms with Crippen LogP contribution in [0.3, 0.4) is 0 Å². The molecule has 0 atom stereocenters. The van der Waals surface area contributed by atoms with E-state index in [1.165, 1.54) is 33.0 Å². The van der Waals surface area contributed by atoms with Crippen molar-refractivity contribution in [2.45, 2.75) is 20.3 Å². The highest BCUT2D eigenvalue weighted by molar-refractivity contribution is 7.12. The molecule has 3 aromatic rings. The van der Waals surface area contributed by atoms with Gasteiger partial charge in [-0.25, -0.2) is 4.39 Å². The molecule has 0 amide bonds. The fourth-order valence-corrected chi connectivity index (χ4v) is 3.69. The molecule has 1 nitrogen and oxygen atoms in total. The molecular formula is C20H19FOS. The van der Waals surface area contributed by atoms with Gasteiger partial charge in [0, 0.05) is 15.8 Å². The van der Waals surface area contributed by atoms with Crippen LogP contribution in [0.1, 0.15) is 20.9 Å². The Bertz CT molecular complexity index is 818. The molecule has 0 unspecified atom stereocenters. The van der Waals surface area contributed by atoms with Crippen LogP contribution in [0.25, 0.3) is 11.1 Å². The molecule has 0 bridgehead atoms. The van der Waals surface area contributed by atoms with E-state index in [-0.39, 0.29) is 5.82 Å². The highest BCUT2D eigenvalue weighted by Gasteiger charge is 2.06. The summed E-state index contributed by atoms with van der Waals surface area (Å²) >= 11 is 1.84. The monoisotopic (exact) mass is 326 g/mol. The first-order valence-corrected chi connectivity index (χ1v) is 8.36. The summed E-state index contributed by atoms with van der Waals surface area (Å²) in [5, 5.41) is 0. The minimum atomic E-state index is -0.284. The number of ether oxygens (including phenoxy) is 1. The van der Waals surface area contributed by atoms with E-state index in [1.54, 1.807) is 7.11 Å². The zero-order valence-corrected chi connectivity index (χ0v) is 14.3. The number of methoxy groups -OCH3 is 1. The van der Waals surface area contributed by atoms with Gasteiger partial charge in [0.05, 0.1) is 7.11 Å². The van der Waals surface area contributed by atoms with Crippen molar-refractivity contribution in [3.05, 3.63) is 75.2 Å². The van der Waals surface area contributed by atoms with Crippen molar-refractivity contribution >= 4 is 11.3 Å². The highest BCUT2D eigenvalue weighted by Crippen LogP contribution is 2.27. The molecule has 0 saturated heterocycles. The number of aryl methyl sites for hydroxylation is 2. The maximum absolute atomic E-state index is 13.6. The normalized spacial score (nSPS) is 10.8. The largest absolute Gasteiger partial charge is 0.497 e. The van der Waals surface area contributed by atoms with Crippen LogP contribution in [0.4, 0.5) is 4.39 Å². The molecule has 0 radical (unpaired) electrons. The predicted octanol–water partition coefficient (Wildman–Crippen LogP) is 5.77. The molecule has 3 rings (SSSR count). The van der Waals surface area contributed by atoms with Gasteiger partial charge in [0.15, 0.2) is 0 Å². The first kappa shape index (κ1) is 15.8. The smallest absolute Gasteiger partial charge is 0.127 e. The summed E-state index contributed by atoms with van der Waals surface area (Å²) in [5.74, 6) is 0.251. The van der Waals surface area contributed by atoms with Gasteiger partial charge in [-0.05, 0) is 60.7 Å². The zero-order chi connectivity index (χ0) is 16.4. The van der Waals surface area contributed by atoms with Gasteiger partial charge in [-0.15, -0.1) is 11.3 Å². The van der Waals surface area contributed by atoms with Crippen molar-refractivity contribution < 1.29 is 9.13 Å². The Hall–Kier alpha value is -2.13. The van der Waals surface area contributed by atoms with Crippen LogP contribution < -0.4 is 4.74 Å². The molecule has 23 heavy (non-hydrogen) atoms. The quantitative estimate of drug-likeness (QED) is 0.591. The molecular weight excluding hydrogens is 307 g/mol. The summed E-state index contributed by atoms with van der Waals surface area (Å²) in [7, 11) is 1.55. The summed E-state index contributed by atoms with van der Waals surface area (Å²) < 4.78 is 18.8. The topological polar surface area (TPSA) is 9.23 Å². The number of hydrogen-bond donors (Lipinski definition) is 0. The van der Waals surface area contributed by atoms with Gasteiger partial charge in [0.25, 0.3) is 0 Å². The maximum atomic E-state index is 13.6. The summed E-state index contributed by atoms with van der Waals surface area (Å²) in [5.41, 5.74) is 4.46. The molecule has 0 aliphatic carbocycles. The van der Waals surface area contributed by atoms with Crippen LogP contribution in [0.2, 0.25) is 0 Å². The van der Waals surface area contributed by atoms with E-state index in [2.05, 4.69) is 32.0 Å². The average molecular weight is 326 g/mol. The second kappa shape index (κ2) is 6.55. The van der Waals surface area contributed by atoms with Crippen LogP contribution >= 0.6 is 11.3 Å². The number of thiophene rings is 1. The zero-order valence-electron chi connectivity index (χ0n) is 13.5. The third-order valence-electron chi connectivity index (χ3n) is 3.93. The molecule has 0 aliphatic heterocycles. The molecule has 1 aromatic heterocycles. The third kappa shape index (κ3) is 3.62. The molecule has 3 heteroatoms. The van der Waals surface area contributed by atoms with Crippen LogP contribution in [-0.4, -0.2) is 7.11 Å². The Morgan fingerprint density at radius 3 is 2.30 bits per heavy atom. The van der Waals surface area contributed by atoms with Gasteiger partial charge < -0.3 is 4.74 Å². The van der Waals surface area contributed by atoms with Crippen molar-refractivity contribution in [1.29, 1.82) is 0 Å². The number of rotatable bonds is 4. The van der Waals surface area contributed by atoms with Gasteiger partial charge in [0.1, 0.15) is 11.6 Å². The van der Waals surface area contributed by atoms with Crippen molar-refractivity contribution in [3.63, 3.8) is 0 Å². The lowest BCUT2D eigenvalue weighted by Crippen LogP contribution is -1.89. The molecule has 2 aromatic carbocycles. The van der Waals surface area contributed by atoms with Gasteiger partial charge in [-0.3, -0.25) is 0 Å². The van der Waals surface area contributed by atoms with Crippen molar-refractivity contribution in [2.24, 2.45) is 0 Å². The van der Waals surface area contributed by atoms with Crippen LogP contribution in [0, 0.1) is 19.7 Å². The maximum Gasteiger partial charge on any atom is 0.127 e. The van der Waals surface area contributed by atoms with Crippen molar-refractivity contribution in [2.75, 3.05) is 7.11 Å². The van der Waals surface area contributed by atoms with Crippen LogP contribution in [-0.2, 0) is 6.42 Å². The molecule has 118 valence electrons. The average Bonchev–Trinajstić information content (AvgIpc) is 2.85. The molecule has 0 saturated carbocycles. The Kier molecular flexibility index (Phi) is 4.49.